The zero-order valence-electron chi connectivity index (χ0n) is 7.64. The molecule has 0 amide bonds. The maximum absolute atomic E-state index is 12.1. The standard InChI is InChI=1S/C10H6N2OS2/c13-9-6-3-1-2-4-8(6)14-5-7-10(9)15-12-11-7/h1-4H,5H2. The van der Waals surface area contributed by atoms with Crippen molar-refractivity contribution in [3.8, 4) is 0 Å². The zero-order chi connectivity index (χ0) is 10.3. The molecular weight excluding hydrogens is 228 g/mol. The van der Waals surface area contributed by atoms with Crippen molar-refractivity contribution in [3.63, 3.8) is 0 Å². The summed E-state index contributed by atoms with van der Waals surface area (Å²) >= 11 is 2.83. The predicted octanol–water partition coefficient (Wildman–Crippen LogP) is 2.37. The lowest BCUT2D eigenvalue weighted by molar-refractivity contribution is 0.103. The Labute approximate surface area is 94.7 Å². The van der Waals surface area contributed by atoms with Crippen molar-refractivity contribution in [3.05, 3.63) is 40.4 Å². The third-order valence-corrected chi connectivity index (χ3v) is 4.11. The second-order valence-corrected chi connectivity index (χ2v) is 4.93. The first kappa shape index (κ1) is 9.06. The van der Waals surface area contributed by atoms with Gasteiger partial charge in [0.05, 0.1) is 5.69 Å². The van der Waals surface area contributed by atoms with Gasteiger partial charge in [-0.2, -0.15) is 0 Å². The molecule has 3 rings (SSSR count). The van der Waals surface area contributed by atoms with Crippen LogP contribution in [0.5, 0.6) is 0 Å². The smallest absolute Gasteiger partial charge is 0.207 e. The molecule has 0 N–H and O–H groups in total. The summed E-state index contributed by atoms with van der Waals surface area (Å²) in [5.74, 6) is 0.787. The number of fused-ring (bicyclic) bond motifs is 2. The Balaban J connectivity index is 2.22. The SMILES string of the molecule is O=C1c2ccccc2SCc2nnsc21. The molecule has 1 aliphatic heterocycles. The van der Waals surface area contributed by atoms with Crippen LogP contribution in [0.2, 0.25) is 0 Å². The van der Waals surface area contributed by atoms with Gasteiger partial charge in [0, 0.05) is 16.2 Å². The van der Waals surface area contributed by atoms with E-state index < -0.39 is 0 Å². The van der Waals surface area contributed by atoms with Crippen LogP contribution >= 0.6 is 23.3 Å². The summed E-state index contributed by atoms with van der Waals surface area (Å²) in [7, 11) is 0. The maximum atomic E-state index is 12.1. The van der Waals surface area contributed by atoms with Gasteiger partial charge in [-0.3, -0.25) is 4.79 Å². The maximum Gasteiger partial charge on any atom is 0.207 e. The van der Waals surface area contributed by atoms with Crippen molar-refractivity contribution in [2.75, 3.05) is 0 Å². The summed E-state index contributed by atoms with van der Waals surface area (Å²) in [5.41, 5.74) is 1.58. The first-order valence-electron chi connectivity index (χ1n) is 4.44. The molecule has 0 bridgehead atoms. The number of hydrogen-bond donors (Lipinski definition) is 0. The van der Waals surface area contributed by atoms with Crippen molar-refractivity contribution in [2.24, 2.45) is 0 Å². The number of carbonyl (C=O) groups excluding carboxylic acids is 1. The van der Waals surface area contributed by atoms with Crippen molar-refractivity contribution in [1.29, 1.82) is 0 Å². The average molecular weight is 234 g/mol. The lowest BCUT2D eigenvalue weighted by Gasteiger charge is -2.01. The Bertz CT molecular complexity index is 536. The van der Waals surface area contributed by atoms with Crippen LogP contribution in [0.3, 0.4) is 0 Å². The number of hydrogen-bond acceptors (Lipinski definition) is 5. The van der Waals surface area contributed by atoms with Crippen LogP contribution in [0.25, 0.3) is 0 Å². The molecule has 0 saturated carbocycles. The molecule has 0 atom stereocenters. The average Bonchev–Trinajstić information content (AvgIpc) is 2.69. The fourth-order valence-corrected chi connectivity index (χ4v) is 3.23. The first-order valence-corrected chi connectivity index (χ1v) is 6.20. The lowest BCUT2D eigenvalue weighted by atomic mass is 10.1. The molecule has 2 heterocycles. The van der Waals surface area contributed by atoms with Crippen molar-refractivity contribution in [1.82, 2.24) is 9.59 Å². The summed E-state index contributed by atoms with van der Waals surface area (Å²) in [6.45, 7) is 0. The first-order chi connectivity index (χ1) is 7.36. The Hall–Kier alpha value is -1.20. The van der Waals surface area contributed by atoms with Gasteiger partial charge in [0.2, 0.25) is 5.78 Å². The predicted molar refractivity (Wildman–Crippen MR) is 59.3 cm³/mol. The topological polar surface area (TPSA) is 42.9 Å². The number of nitrogens with zero attached hydrogens (tertiary/aromatic N) is 2. The normalized spacial score (nSPS) is 14.3. The highest BCUT2D eigenvalue weighted by atomic mass is 32.2. The summed E-state index contributed by atoms with van der Waals surface area (Å²) < 4.78 is 3.83. The molecule has 3 nitrogen and oxygen atoms in total. The quantitative estimate of drug-likeness (QED) is 0.702. The van der Waals surface area contributed by atoms with Gasteiger partial charge in [-0.05, 0) is 23.7 Å². The van der Waals surface area contributed by atoms with E-state index in [1.54, 1.807) is 11.8 Å². The van der Waals surface area contributed by atoms with Gasteiger partial charge in [0.15, 0.2) is 0 Å². The van der Waals surface area contributed by atoms with E-state index in [-0.39, 0.29) is 5.78 Å². The van der Waals surface area contributed by atoms with E-state index in [2.05, 4.69) is 9.59 Å². The van der Waals surface area contributed by atoms with Crippen LogP contribution in [0, 0.1) is 0 Å². The number of carbonyl (C=O) groups is 1. The number of thioether (sulfide) groups is 1. The molecule has 0 saturated heterocycles. The van der Waals surface area contributed by atoms with E-state index in [1.165, 1.54) is 11.5 Å². The molecule has 74 valence electrons. The molecule has 1 aromatic carbocycles. The van der Waals surface area contributed by atoms with Gasteiger partial charge in [-0.25, -0.2) is 0 Å². The minimum atomic E-state index is 0.0561. The number of rotatable bonds is 0. The van der Waals surface area contributed by atoms with Crippen LogP contribution in [0.4, 0.5) is 0 Å². The minimum absolute atomic E-state index is 0.0561. The molecule has 0 radical (unpaired) electrons. The van der Waals surface area contributed by atoms with Gasteiger partial charge in [0.25, 0.3) is 0 Å². The third kappa shape index (κ3) is 1.39. The fraction of sp³-hybridized carbons (Fsp3) is 0.100. The van der Waals surface area contributed by atoms with Crippen LogP contribution in [-0.4, -0.2) is 15.4 Å². The molecule has 0 spiro atoms. The lowest BCUT2D eigenvalue weighted by Crippen LogP contribution is -2.00. The summed E-state index contributed by atoms with van der Waals surface area (Å²) in [6.07, 6.45) is 0. The largest absolute Gasteiger partial charge is 0.288 e. The van der Waals surface area contributed by atoms with Crippen LogP contribution in [0.1, 0.15) is 20.9 Å². The fourth-order valence-electron chi connectivity index (χ4n) is 1.52. The number of benzene rings is 1. The second kappa shape index (κ2) is 3.43. The van der Waals surface area contributed by atoms with E-state index in [0.29, 0.717) is 4.88 Å². The molecule has 1 aliphatic rings. The van der Waals surface area contributed by atoms with Crippen molar-refractivity contribution >= 4 is 29.1 Å². The molecule has 0 unspecified atom stereocenters. The van der Waals surface area contributed by atoms with Gasteiger partial charge in [-0.15, -0.1) is 16.9 Å². The van der Waals surface area contributed by atoms with E-state index in [9.17, 15) is 4.79 Å². The van der Waals surface area contributed by atoms with Crippen LogP contribution < -0.4 is 0 Å². The van der Waals surface area contributed by atoms with Gasteiger partial charge < -0.3 is 0 Å². The summed E-state index contributed by atoms with van der Waals surface area (Å²) in [4.78, 5) is 13.8. The number of aromatic nitrogens is 2. The van der Waals surface area contributed by atoms with Crippen molar-refractivity contribution in [2.45, 2.75) is 10.6 Å². The molecule has 0 aliphatic carbocycles. The molecular formula is C10H6N2OS2. The molecule has 15 heavy (non-hydrogen) atoms. The van der Waals surface area contributed by atoms with E-state index in [4.69, 9.17) is 0 Å². The van der Waals surface area contributed by atoms with Crippen LogP contribution in [0.15, 0.2) is 29.2 Å². The Morgan fingerprint density at radius 3 is 3.07 bits per heavy atom. The monoisotopic (exact) mass is 234 g/mol. The number of ketones is 1. The summed E-state index contributed by atoms with van der Waals surface area (Å²) in [6, 6.07) is 7.67. The molecule has 0 fully saturated rings. The molecule has 5 heteroatoms. The van der Waals surface area contributed by atoms with E-state index in [1.807, 2.05) is 24.3 Å². The second-order valence-electron chi connectivity index (χ2n) is 3.16. The highest BCUT2D eigenvalue weighted by molar-refractivity contribution is 7.98. The van der Waals surface area contributed by atoms with Crippen molar-refractivity contribution < 1.29 is 4.79 Å². The van der Waals surface area contributed by atoms with Gasteiger partial charge in [0.1, 0.15) is 4.88 Å². The third-order valence-electron chi connectivity index (χ3n) is 2.26. The Kier molecular flexibility index (Phi) is 2.07. The van der Waals surface area contributed by atoms with Gasteiger partial charge >= 0.3 is 0 Å². The Morgan fingerprint density at radius 2 is 2.13 bits per heavy atom. The Morgan fingerprint density at radius 1 is 1.27 bits per heavy atom. The molecule has 1 aromatic heterocycles. The summed E-state index contributed by atoms with van der Waals surface area (Å²) in [5, 5.41) is 3.98. The highest BCUT2D eigenvalue weighted by Crippen LogP contribution is 2.33. The van der Waals surface area contributed by atoms with E-state index >= 15 is 0 Å². The molecule has 2 aromatic rings. The minimum Gasteiger partial charge on any atom is -0.288 e. The van der Waals surface area contributed by atoms with Crippen LogP contribution in [-0.2, 0) is 5.75 Å². The zero-order valence-corrected chi connectivity index (χ0v) is 9.27. The van der Waals surface area contributed by atoms with Gasteiger partial charge in [-0.1, -0.05) is 16.6 Å². The highest BCUT2D eigenvalue weighted by Gasteiger charge is 2.24. The van der Waals surface area contributed by atoms with E-state index in [0.717, 1.165) is 21.9 Å².